The quantitative estimate of drug-likeness (QED) is 0.912. The molecule has 132 valence electrons. The molecule has 0 aliphatic carbocycles. The predicted octanol–water partition coefficient (Wildman–Crippen LogP) is 1.28. The number of nitrogens with one attached hydrogen (secondary N) is 1. The maximum atomic E-state index is 12.6. The minimum atomic E-state index is -0.588. The van der Waals surface area contributed by atoms with Crippen molar-refractivity contribution in [3.63, 3.8) is 0 Å². The van der Waals surface area contributed by atoms with Gasteiger partial charge in [0.25, 0.3) is 5.91 Å². The molecule has 2 aromatic rings. The number of carbonyl (C=O) groups is 2. The van der Waals surface area contributed by atoms with Crippen molar-refractivity contribution < 1.29 is 14.3 Å². The number of fused-ring (bicyclic) bond motifs is 1. The van der Waals surface area contributed by atoms with Gasteiger partial charge in [-0.3, -0.25) is 14.3 Å². The minimum Gasteiger partial charge on any atom is -0.343 e. The molecular weight excluding hydrogens is 320 g/mol. The molecule has 1 unspecified atom stereocenters. The summed E-state index contributed by atoms with van der Waals surface area (Å²) in [6.45, 7) is 3.33. The van der Waals surface area contributed by atoms with Crippen LogP contribution in [0.5, 0.6) is 0 Å². The van der Waals surface area contributed by atoms with Crippen LogP contribution in [0.4, 0.5) is 0 Å². The van der Waals surface area contributed by atoms with Gasteiger partial charge in [-0.2, -0.15) is 5.10 Å². The van der Waals surface area contributed by atoms with E-state index in [1.165, 1.54) is 0 Å². The highest BCUT2D eigenvalue weighted by Gasteiger charge is 2.46. The molecule has 3 heterocycles. The number of rotatable bonds is 3. The Morgan fingerprint density at radius 2 is 2.12 bits per heavy atom. The van der Waals surface area contributed by atoms with Crippen LogP contribution >= 0.6 is 0 Å². The molecule has 0 bridgehead atoms. The Morgan fingerprint density at radius 3 is 2.80 bits per heavy atom. The maximum absolute atomic E-state index is 12.6. The number of ether oxygens (including phenoxy) is 1. The van der Waals surface area contributed by atoms with Gasteiger partial charge in [0.2, 0.25) is 5.91 Å². The van der Waals surface area contributed by atoms with Gasteiger partial charge in [0.1, 0.15) is 18.4 Å². The van der Waals surface area contributed by atoms with E-state index < -0.39 is 5.72 Å². The van der Waals surface area contributed by atoms with Gasteiger partial charge in [-0.05, 0) is 12.5 Å². The maximum Gasteiger partial charge on any atom is 0.251 e. The van der Waals surface area contributed by atoms with Crippen LogP contribution in [-0.4, -0.2) is 51.4 Å². The van der Waals surface area contributed by atoms with Crippen LogP contribution < -0.4 is 5.32 Å². The average Bonchev–Trinajstić information content (AvgIpc) is 3.15. The van der Waals surface area contributed by atoms with E-state index in [4.69, 9.17) is 4.74 Å². The molecule has 2 fully saturated rings. The summed E-state index contributed by atoms with van der Waals surface area (Å²) in [5.41, 5.74) is 0.301. The van der Waals surface area contributed by atoms with E-state index in [1.54, 1.807) is 4.68 Å². The summed E-state index contributed by atoms with van der Waals surface area (Å²) in [6.07, 6.45) is 3.46. The van der Waals surface area contributed by atoms with Crippen molar-refractivity contribution in [2.45, 2.75) is 44.6 Å². The minimum absolute atomic E-state index is 0.0366. The average molecular weight is 342 g/mol. The largest absolute Gasteiger partial charge is 0.343 e. The fraction of sp³-hybridized carbons (Fsp3) is 0.500. The molecule has 1 N–H and O–H groups in total. The summed E-state index contributed by atoms with van der Waals surface area (Å²) >= 11 is 0. The Labute approximate surface area is 145 Å². The highest BCUT2D eigenvalue weighted by atomic mass is 16.5. The molecule has 2 saturated heterocycles. The lowest BCUT2D eigenvalue weighted by Crippen LogP contribution is -2.53. The number of aromatic nitrogens is 2. The van der Waals surface area contributed by atoms with E-state index in [-0.39, 0.29) is 24.5 Å². The standard InChI is InChI=1S/C18H22N4O3/c1-2-15-17(24)19-18(25-15)7-9-21(10-8-18)16(23)12-22-11-13-5-3-4-6-14(13)20-22/h3-6,11,15H,2,7-10,12H2,1H3,(H,19,24). The predicted molar refractivity (Wildman–Crippen MR) is 91.6 cm³/mol. The van der Waals surface area contributed by atoms with Crippen LogP contribution in [0.3, 0.4) is 0 Å². The lowest BCUT2D eigenvalue weighted by molar-refractivity contribution is -0.140. The molecule has 25 heavy (non-hydrogen) atoms. The van der Waals surface area contributed by atoms with E-state index in [0.717, 1.165) is 10.9 Å². The normalized spacial score (nSPS) is 22.5. The first-order chi connectivity index (χ1) is 12.1. The summed E-state index contributed by atoms with van der Waals surface area (Å²) < 4.78 is 7.61. The van der Waals surface area contributed by atoms with E-state index in [2.05, 4.69) is 10.4 Å². The van der Waals surface area contributed by atoms with Crippen LogP contribution in [0, 0.1) is 0 Å². The van der Waals surface area contributed by atoms with Crippen molar-refractivity contribution in [2.75, 3.05) is 13.1 Å². The second-order valence-corrected chi connectivity index (χ2v) is 6.76. The number of hydrogen-bond donors (Lipinski definition) is 1. The van der Waals surface area contributed by atoms with Crippen LogP contribution in [0.15, 0.2) is 30.5 Å². The topological polar surface area (TPSA) is 76.5 Å². The van der Waals surface area contributed by atoms with Crippen molar-refractivity contribution in [3.05, 3.63) is 30.5 Å². The third kappa shape index (κ3) is 3.00. The van der Waals surface area contributed by atoms with Crippen molar-refractivity contribution >= 4 is 22.7 Å². The number of amides is 2. The third-order valence-electron chi connectivity index (χ3n) is 5.06. The molecule has 2 amide bonds. The molecule has 0 radical (unpaired) electrons. The third-order valence-corrected chi connectivity index (χ3v) is 5.06. The second-order valence-electron chi connectivity index (χ2n) is 6.76. The SMILES string of the molecule is CCC1OC2(CCN(C(=O)Cn3cc4ccccc4n3)CC2)NC1=O. The van der Waals surface area contributed by atoms with E-state index >= 15 is 0 Å². The molecule has 2 aliphatic rings. The summed E-state index contributed by atoms with van der Waals surface area (Å²) in [6, 6.07) is 7.81. The van der Waals surface area contributed by atoms with Crippen molar-refractivity contribution in [1.82, 2.24) is 20.0 Å². The Balaban J connectivity index is 1.37. The molecule has 1 spiro atoms. The fourth-order valence-electron chi connectivity index (χ4n) is 3.62. The highest BCUT2D eigenvalue weighted by Crippen LogP contribution is 2.30. The van der Waals surface area contributed by atoms with Crippen LogP contribution in [0.25, 0.3) is 10.9 Å². The summed E-state index contributed by atoms with van der Waals surface area (Å²) in [7, 11) is 0. The summed E-state index contributed by atoms with van der Waals surface area (Å²) in [5.74, 6) is 0.00419. The van der Waals surface area contributed by atoms with Crippen molar-refractivity contribution in [2.24, 2.45) is 0 Å². The molecule has 1 atom stereocenters. The van der Waals surface area contributed by atoms with Crippen LogP contribution in [0.2, 0.25) is 0 Å². The lowest BCUT2D eigenvalue weighted by Gasteiger charge is -2.38. The van der Waals surface area contributed by atoms with Gasteiger partial charge in [-0.25, -0.2) is 0 Å². The van der Waals surface area contributed by atoms with Gasteiger partial charge in [-0.15, -0.1) is 0 Å². The number of likely N-dealkylation sites (tertiary alicyclic amines) is 1. The van der Waals surface area contributed by atoms with E-state index in [0.29, 0.717) is 32.4 Å². The second kappa shape index (κ2) is 6.15. The zero-order valence-electron chi connectivity index (χ0n) is 14.3. The lowest BCUT2D eigenvalue weighted by atomic mass is 10.0. The van der Waals surface area contributed by atoms with E-state index in [9.17, 15) is 9.59 Å². The van der Waals surface area contributed by atoms with Gasteiger partial charge >= 0.3 is 0 Å². The number of piperidine rings is 1. The highest BCUT2D eigenvalue weighted by molar-refractivity contribution is 5.83. The van der Waals surface area contributed by atoms with Crippen LogP contribution in [-0.2, 0) is 20.9 Å². The Kier molecular flexibility index (Phi) is 3.95. The summed E-state index contributed by atoms with van der Waals surface area (Å²) in [5, 5.41) is 8.45. The molecule has 4 rings (SSSR count). The van der Waals surface area contributed by atoms with Gasteiger partial charge in [0.15, 0.2) is 0 Å². The zero-order chi connectivity index (χ0) is 17.4. The number of carbonyl (C=O) groups excluding carboxylic acids is 2. The van der Waals surface area contributed by atoms with Crippen molar-refractivity contribution in [3.8, 4) is 0 Å². The molecule has 0 saturated carbocycles. The van der Waals surface area contributed by atoms with Gasteiger partial charge in [0.05, 0.1) is 5.52 Å². The zero-order valence-corrected chi connectivity index (χ0v) is 14.3. The number of benzene rings is 1. The van der Waals surface area contributed by atoms with Crippen LogP contribution in [0.1, 0.15) is 26.2 Å². The molecule has 7 heteroatoms. The number of nitrogens with zero attached hydrogens (tertiary/aromatic N) is 3. The van der Waals surface area contributed by atoms with E-state index in [1.807, 2.05) is 42.3 Å². The van der Waals surface area contributed by atoms with Gasteiger partial charge < -0.3 is 15.0 Å². The smallest absolute Gasteiger partial charge is 0.251 e. The van der Waals surface area contributed by atoms with Crippen molar-refractivity contribution in [1.29, 1.82) is 0 Å². The molecule has 7 nitrogen and oxygen atoms in total. The first kappa shape index (κ1) is 16.1. The monoisotopic (exact) mass is 342 g/mol. The summed E-state index contributed by atoms with van der Waals surface area (Å²) in [4.78, 5) is 26.3. The molecule has 1 aromatic heterocycles. The van der Waals surface area contributed by atoms with Gasteiger partial charge in [0, 0.05) is 37.5 Å². The first-order valence-electron chi connectivity index (χ1n) is 8.78. The van der Waals surface area contributed by atoms with Gasteiger partial charge in [-0.1, -0.05) is 25.1 Å². The number of hydrogen-bond acceptors (Lipinski definition) is 4. The first-order valence-corrected chi connectivity index (χ1v) is 8.78. The Hall–Kier alpha value is -2.41. The molecular formula is C18H22N4O3. The Bertz CT molecular complexity index is 775. The Morgan fingerprint density at radius 1 is 1.36 bits per heavy atom. The fourth-order valence-corrected chi connectivity index (χ4v) is 3.62. The molecule has 2 aliphatic heterocycles. The molecule has 1 aromatic carbocycles.